The summed E-state index contributed by atoms with van der Waals surface area (Å²) in [7, 11) is 0. The van der Waals surface area contributed by atoms with Crippen LogP contribution in [-0.4, -0.2) is 17.8 Å². The maximum atomic E-state index is 8.70. The van der Waals surface area contributed by atoms with Crippen LogP contribution in [0, 0.1) is 17.8 Å². The fourth-order valence-electron chi connectivity index (χ4n) is 2.71. The Hall–Kier alpha value is -0.820. The van der Waals surface area contributed by atoms with E-state index in [4.69, 9.17) is 9.84 Å². The largest absolute Gasteiger partial charge is 0.395 e. The van der Waals surface area contributed by atoms with E-state index in [1.165, 1.54) is 37.0 Å². The van der Waals surface area contributed by atoms with Gasteiger partial charge in [-0.3, -0.25) is 0 Å². The first-order valence-corrected chi connectivity index (χ1v) is 8.48. The molecule has 2 nitrogen and oxygen atoms in total. The lowest BCUT2D eigenvalue weighted by atomic mass is 9.85. The van der Waals surface area contributed by atoms with Gasteiger partial charge in [0.1, 0.15) is 0 Å². The van der Waals surface area contributed by atoms with Gasteiger partial charge in [0.25, 0.3) is 0 Å². The molecular formula is C17H24O2S. The number of aliphatic hydroxyl groups excluding tert-OH is 1. The lowest BCUT2D eigenvalue weighted by molar-refractivity contribution is 0.00297. The molecule has 1 aliphatic rings. The number of hydrogen-bond acceptors (Lipinski definition) is 3. The van der Waals surface area contributed by atoms with Crippen molar-refractivity contribution in [2.45, 2.75) is 58.2 Å². The Morgan fingerprint density at radius 3 is 3.15 bits per heavy atom. The Morgan fingerprint density at radius 2 is 2.35 bits per heavy atom. The smallest absolute Gasteiger partial charge is 0.0813 e. The SMILES string of the molecule is CCC1CCCC(OCc2cc(C#CCCO)cs2)C1. The molecule has 2 unspecified atom stereocenters. The van der Waals surface area contributed by atoms with Crippen molar-refractivity contribution >= 4 is 11.3 Å². The number of hydrogen-bond donors (Lipinski definition) is 1. The first-order chi connectivity index (χ1) is 9.81. The van der Waals surface area contributed by atoms with E-state index in [1.54, 1.807) is 11.3 Å². The van der Waals surface area contributed by atoms with Gasteiger partial charge in [0, 0.05) is 22.2 Å². The normalized spacial score (nSPS) is 22.3. The van der Waals surface area contributed by atoms with Crippen LogP contribution in [0.5, 0.6) is 0 Å². The van der Waals surface area contributed by atoms with Gasteiger partial charge in [-0.1, -0.05) is 38.0 Å². The van der Waals surface area contributed by atoms with Crippen molar-refractivity contribution in [3.8, 4) is 11.8 Å². The van der Waals surface area contributed by atoms with Crippen LogP contribution in [0.3, 0.4) is 0 Å². The molecule has 0 radical (unpaired) electrons. The van der Waals surface area contributed by atoms with Crippen LogP contribution >= 0.6 is 11.3 Å². The molecule has 2 rings (SSSR count). The zero-order valence-corrected chi connectivity index (χ0v) is 13.0. The molecular weight excluding hydrogens is 268 g/mol. The first kappa shape index (κ1) is 15.6. The van der Waals surface area contributed by atoms with Gasteiger partial charge in [0.05, 0.1) is 19.3 Å². The van der Waals surface area contributed by atoms with Crippen LogP contribution in [0.25, 0.3) is 0 Å². The van der Waals surface area contributed by atoms with Crippen LogP contribution in [-0.2, 0) is 11.3 Å². The topological polar surface area (TPSA) is 29.5 Å². The van der Waals surface area contributed by atoms with E-state index in [2.05, 4.69) is 30.2 Å². The standard InChI is InChI=1S/C17H24O2S/c1-2-14-7-5-8-16(10-14)19-12-17-11-15(13-20-17)6-3-4-9-18/h11,13-14,16,18H,2,4-5,7-10,12H2,1H3. The van der Waals surface area contributed by atoms with E-state index in [0.29, 0.717) is 19.1 Å². The fourth-order valence-corrected chi connectivity index (χ4v) is 3.44. The molecule has 1 N–H and O–H groups in total. The van der Waals surface area contributed by atoms with E-state index >= 15 is 0 Å². The zero-order valence-electron chi connectivity index (χ0n) is 12.2. The molecule has 0 aliphatic heterocycles. The van der Waals surface area contributed by atoms with Crippen LogP contribution in [0.1, 0.15) is 55.9 Å². The maximum absolute atomic E-state index is 8.70. The predicted molar refractivity (Wildman–Crippen MR) is 83.7 cm³/mol. The minimum Gasteiger partial charge on any atom is -0.395 e. The van der Waals surface area contributed by atoms with E-state index in [9.17, 15) is 0 Å². The maximum Gasteiger partial charge on any atom is 0.0813 e. The third-order valence-corrected chi connectivity index (χ3v) is 4.81. The molecule has 0 saturated heterocycles. The van der Waals surface area contributed by atoms with Crippen molar-refractivity contribution in [2.24, 2.45) is 5.92 Å². The van der Waals surface area contributed by atoms with Gasteiger partial charge >= 0.3 is 0 Å². The third kappa shape index (κ3) is 4.94. The fraction of sp³-hybridized carbons (Fsp3) is 0.647. The summed E-state index contributed by atoms with van der Waals surface area (Å²) in [6, 6.07) is 2.11. The Morgan fingerprint density at radius 1 is 1.45 bits per heavy atom. The molecule has 110 valence electrons. The first-order valence-electron chi connectivity index (χ1n) is 7.60. The van der Waals surface area contributed by atoms with Gasteiger partial charge in [0.2, 0.25) is 0 Å². The van der Waals surface area contributed by atoms with Crippen LogP contribution in [0.15, 0.2) is 11.4 Å². The lowest BCUT2D eigenvalue weighted by Gasteiger charge is -2.28. The Bertz CT molecular complexity index is 455. The minimum atomic E-state index is 0.132. The van der Waals surface area contributed by atoms with Crippen LogP contribution in [0.2, 0.25) is 0 Å². The summed E-state index contributed by atoms with van der Waals surface area (Å²) in [6.45, 7) is 3.13. The van der Waals surface area contributed by atoms with Crippen molar-refractivity contribution in [2.75, 3.05) is 6.61 Å². The van der Waals surface area contributed by atoms with Gasteiger partial charge in [-0.15, -0.1) is 11.3 Å². The molecule has 0 spiro atoms. The Kier molecular flexibility index (Phi) is 6.59. The van der Waals surface area contributed by atoms with Crippen LogP contribution < -0.4 is 0 Å². The summed E-state index contributed by atoms with van der Waals surface area (Å²) in [5.74, 6) is 6.87. The van der Waals surface area contributed by atoms with Crippen molar-refractivity contribution in [3.63, 3.8) is 0 Å². The van der Waals surface area contributed by atoms with Gasteiger partial charge in [-0.25, -0.2) is 0 Å². The quantitative estimate of drug-likeness (QED) is 0.832. The van der Waals surface area contributed by atoms with Crippen molar-refractivity contribution in [3.05, 3.63) is 21.9 Å². The summed E-state index contributed by atoms with van der Waals surface area (Å²) < 4.78 is 6.06. The zero-order chi connectivity index (χ0) is 14.2. The minimum absolute atomic E-state index is 0.132. The average Bonchev–Trinajstić information content (AvgIpc) is 2.94. The van der Waals surface area contributed by atoms with Crippen molar-refractivity contribution < 1.29 is 9.84 Å². The predicted octanol–water partition coefficient (Wildman–Crippen LogP) is 3.97. The van der Waals surface area contributed by atoms with E-state index in [1.807, 2.05) is 0 Å². The number of ether oxygens (including phenoxy) is 1. The lowest BCUT2D eigenvalue weighted by Crippen LogP contribution is -2.22. The number of aliphatic hydroxyl groups is 1. The molecule has 0 bridgehead atoms. The molecule has 3 heteroatoms. The molecule has 1 aliphatic carbocycles. The van der Waals surface area contributed by atoms with E-state index in [0.717, 1.165) is 11.5 Å². The third-order valence-electron chi connectivity index (χ3n) is 3.90. The number of rotatable bonds is 5. The highest BCUT2D eigenvalue weighted by Crippen LogP contribution is 2.29. The van der Waals surface area contributed by atoms with Gasteiger partial charge < -0.3 is 9.84 Å². The molecule has 1 saturated carbocycles. The second-order valence-electron chi connectivity index (χ2n) is 5.45. The molecule has 2 atom stereocenters. The van der Waals surface area contributed by atoms with E-state index in [-0.39, 0.29) is 6.61 Å². The Labute approximate surface area is 126 Å². The van der Waals surface area contributed by atoms with Crippen LogP contribution in [0.4, 0.5) is 0 Å². The Balaban J connectivity index is 1.78. The van der Waals surface area contributed by atoms with Crippen molar-refractivity contribution in [1.82, 2.24) is 0 Å². The van der Waals surface area contributed by atoms with Gasteiger partial charge in [0.15, 0.2) is 0 Å². The average molecular weight is 292 g/mol. The molecule has 1 fully saturated rings. The highest BCUT2D eigenvalue weighted by atomic mass is 32.1. The summed E-state index contributed by atoms with van der Waals surface area (Å²) in [6.07, 6.45) is 7.40. The van der Waals surface area contributed by atoms with Gasteiger partial charge in [-0.2, -0.15) is 0 Å². The molecule has 0 aromatic carbocycles. The molecule has 0 amide bonds. The van der Waals surface area contributed by atoms with E-state index < -0.39 is 0 Å². The second-order valence-corrected chi connectivity index (χ2v) is 6.45. The molecule has 1 aromatic heterocycles. The van der Waals surface area contributed by atoms with Gasteiger partial charge in [-0.05, 0) is 24.8 Å². The molecule has 20 heavy (non-hydrogen) atoms. The summed E-state index contributed by atoms with van der Waals surface area (Å²) in [4.78, 5) is 1.25. The summed E-state index contributed by atoms with van der Waals surface area (Å²) in [5.41, 5.74) is 1.04. The highest BCUT2D eigenvalue weighted by molar-refractivity contribution is 7.10. The highest BCUT2D eigenvalue weighted by Gasteiger charge is 2.21. The summed E-state index contributed by atoms with van der Waals surface area (Å²) in [5, 5.41) is 10.8. The number of thiophene rings is 1. The summed E-state index contributed by atoms with van der Waals surface area (Å²) >= 11 is 1.71. The monoisotopic (exact) mass is 292 g/mol. The van der Waals surface area contributed by atoms with Crippen molar-refractivity contribution in [1.29, 1.82) is 0 Å². The molecule has 1 heterocycles. The second kappa shape index (κ2) is 8.46. The molecule has 1 aromatic rings.